The molecular weight excluding hydrogens is 320 g/mol. The molecule has 4 nitrogen and oxygen atoms in total. The van der Waals surface area contributed by atoms with Crippen molar-refractivity contribution < 1.29 is 9.90 Å². The van der Waals surface area contributed by atoms with Gasteiger partial charge in [-0.15, -0.1) is 12.4 Å². The molecule has 0 saturated carbocycles. The highest BCUT2D eigenvalue weighted by molar-refractivity contribution is 9.10. The summed E-state index contributed by atoms with van der Waals surface area (Å²) in [5, 5.41) is 15.6. The van der Waals surface area contributed by atoms with Crippen molar-refractivity contribution in [3.8, 4) is 5.75 Å². The molecule has 1 heterocycles. The van der Waals surface area contributed by atoms with Crippen LogP contribution in [-0.4, -0.2) is 24.1 Å². The average molecular weight is 336 g/mol. The van der Waals surface area contributed by atoms with Crippen molar-refractivity contribution in [1.29, 1.82) is 0 Å². The summed E-state index contributed by atoms with van der Waals surface area (Å²) >= 11 is 3.30. The lowest BCUT2D eigenvalue weighted by Crippen LogP contribution is -2.18. The Morgan fingerprint density at radius 1 is 1.56 bits per heavy atom. The van der Waals surface area contributed by atoms with Crippen molar-refractivity contribution in [1.82, 2.24) is 5.32 Å². The molecule has 0 aliphatic carbocycles. The second-order valence-electron chi connectivity index (χ2n) is 4.27. The predicted octanol–water partition coefficient (Wildman–Crippen LogP) is 2.51. The normalized spacial score (nSPS) is 18.2. The number of halogens is 2. The van der Waals surface area contributed by atoms with E-state index in [0.29, 0.717) is 18.0 Å². The lowest BCUT2D eigenvalue weighted by molar-refractivity contribution is -0.117. The van der Waals surface area contributed by atoms with E-state index in [4.69, 9.17) is 0 Å². The maximum absolute atomic E-state index is 11.8. The number of benzene rings is 1. The summed E-state index contributed by atoms with van der Waals surface area (Å²) in [5.74, 6) is 0.447. The first-order valence-corrected chi connectivity index (χ1v) is 6.43. The highest BCUT2D eigenvalue weighted by atomic mass is 79.9. The fourth-order valence-corrected chi connectivity index (χ4v) is 2.32. The number of anilines is 1. The van der Waals surface area contributed by atoms with Crippen molar-refractivity contribution in [3.05, 3.63) is 22.7 Å². The quantitative estimate of drug-likeness (QED) is 0.744. The zero-order valence-corrected chi connectivity index (χ0v) is 12.2. The van der Waals surface area contributed by atoms with Gasteiger partial charge in [0.2, 0.25) is 5.91 Å². The van der Waals surface area contributed by atoms with Crippen LogP contribution < -0.4 is 10.6 Å². The number of rotatable bonds is 3. The summed E-state index contributed by atoms with van der Waals surface area (Å²) in [4.78, 5) is 11.8. The van der Waals surface area contributed by atoms with Crippen LogP contribution in [0.2, 0.25) is 0 Å². The molecule has 1 atom stereocenters. The van der Waals surface area contributed by atoms with E-state index in [1.165, 1.54) is 0 Å². The molecule has 3 N–H and O–H groups in total. The fourth-order valence-electron chi connectivity index (χ4n) is 1.96. The summed E-state index contributed by atoms with van der Waals surface area (Å²) < 4.78 is 0.827. The van der Waals surface area contributed by atoms with Gasteiger partial charge in [-0.2, -0.15) is 0 Å². The Labute approximate surface area is 121 Å². The van der Waals surface area contributed by atoms with Crippen LogP contribution in [0.4, 0.5) is 5.69 Å². The van der Waals surface area contributed by atoms with Gasteiger partial charge >= 0.3 is 0 Å². The maximum atomic E-state index is 11.8. The number of carbonyl (C=O) groups excluding carboxylic acids is 1. The van der Waals surface area contributed by atoms with Gasteiger partial charge in [0.05, 0.1) is 5.69 Å². The van der Waals surface area contributed by atoms with Gasteiger partial charge in [-0.3, -0.25) is 4.79 Å². The first kappa shape index (κ1) is 15.3. The largest absolute Gasteiger partial charge is 0.506 e. The van der Waals surface area contributed by atoms with Crippen molar-refractivity contribution in [2.45, 2.75) is 12.8 Å². The van der Waals surface area contributed by atoms with E-state index < -0.39 is 0 Å². The fraction of sp³-hybridized carbons (Fsp3) is 0.417. The van der Waals surface area contributed by atoms with Crippen molar-refractivity contribution in [2.75, 3.05) is 18.4 Å². The number of phenols is 1. The molecule has 2 rings (SSSR count). The first-order valence-electron chi connectivity index (χ1n) is 5.64. The van der Waals surface area contributed by atoms with E-state index in [-0.39, 0.29) is 24.1 Å². The van der Waals surface area contributed by atoms with Crippen molar-refractivity contribution >= 4 is 39.9 Å². The van der Waals surface area contributed by atoms with Gasteiger partial charge in [0.15, 0.2) is 0 Å². The SMILES string of the molecule is Cl.O=C(CC1CCNC1)Nc1cc(Br)ccc1O. The minimum Gasteiger partial charge on any atom is -0.506 e. The molecule has 1 amide bonds. The molecule has 0 bridgehead atoms. The Morgan fingerprint density at radius 2 is 2.33 bits per heavy atom. The topological polar surface area (TPSA) is 61.4 Å². The van der Waals surface area contributed by atoms with E-state index in [2.05, 4.69) is 26.6 Å². The molecule has 1 aliphatic rings. The number of carbonyl (C=O) groups is 1. The van der Waals surface area contributed by atoms with Crippen LogP contribution in [-0.2, 0) is 4.79 Å². The van der Waals surface area contributed by atoms with Crippen LogP contribution >= 0.6 is 28.3 Å². The second-order valence-corrected chi connectivity index (χ2v) is 5.19. The summed E-state index contributed by atoms with van der Waals surface area (Å²) in [6, 6.07) is 4.98. The van der Waals surface area contributed by atoms with Crippen LogP contribution in [0.5, 0.6) is 5.75 Å². The van der Waals surface area contributed by atoms with Gasteiger partial charge in [-0.25, -0.2) is 0 Å². The molecule has 1 fully saturated rings. The Morgan fingerprint density at radius 3 is 3.00 bits per heavy atom. The van der Waals surface area contributed by atoms with Gasteiger partial charge in [0.1, 0.15) is 5.75 Å². The minimum atomic E-state index is -0.0490. The third-order valence-corrected chi connectivity index (χ3v) is 3.36. The number of hydrogen-bond donors (Lipinski definition) is 3. The molecule has 1 aromatic carbocycles. The summed E-state index contributed by atoms with van der Waals surface area (Å²) in [6.45, 7) is 1.89. The monoisotopic (exact) mass is 334 g/mol. The van der Waals surface area contributed by atoms with E-state index >= 15 is 0 Å². The number of phenolic OH excluding ortho intramolecular Hbond substituents is 1. The van der Waals surface area contributed by atoms with Crippen LogP contribution in [0, 0.1) is 5.92 Å². The smallest absolute Gasteiger partial charge is 0.224 e. The predicted molar refractivity (Wildman–Crippen MR) is 77.3 cm³/mol. The highest BCUT2D eigenvalue weighted by Gasteiger charge is 2.18. The summed E-state index contributed by atoms with van der Waals surface area (Å²) in [5.41, 5.74) is 0.454. The van der Waals surface area contributed by atoms with E-state index in [1.54, 1.807) is 18.2 Å². The van der Waals surface area contributed by atoms with Crippen LogP contribution in [0.1, 0.15) is 12.8 Å². The number of aromatic hydroxyl groups is 1. The van der Waals surface area contributed by atoms with Gasteiger partial charge in [-0.1, -0.05) is 15.9 Å². The number of hydrogen-bond acceptors (Lipinski definition) is 3. The van der Waals surface area contributed by atoms with Crippen molar-refractivity contribution in [2.24, 2.45) is 5.92 Å². The summed E-state index contributed by atoms with van der Waals surface area (Å²) in [7, 11) is 0. The first-order chi connectivity index (χ1) is 8.15. The highest BCUT2D eigenvalue weighted by Crippen LogP contribution is 2.27. The Kier molecular flexibility index (Phi) is 5.91. The van der Waals surface area contributed by atoms with Crippen LogP contribution in [0.3, 0.4) is 0 Å². The van der Waals surface area contributed by atoms with Gasteiger partial charge in [0, 0.05) is 10.9 Å². The van der Waals surface area contributed by atoms with E-state index in [9.17, 15) is 9.90 Å². The summed E-state index contributed by atoms with van der Waals surface area (Å²) in [6.07, 6.45) is 1.54. The Balaban J connectivity index is 0.00000162. The van der Waals surface area contributed by atoms with Gasteiger partial charge in [0.25, 0.3) is 0 Å². The lowest BCUT2D eigenvalue weighted by Gasteiger charge is -2.10. The second kappa shape index (κ2) is 6.97. The molecule has 1 unspecified atom stereocenters. The lowest BCUT2D eigenvalue weighted by atomic mass is 10.0. The molecule has 0 radical (unpaired) electrons. The molecule has 100 valence electrons. The number of amides is 1. The Bertz CT molecular complexity index is 423. The maximum Gasteiger partial charge on any atom is 0.224 e. The molecule has 0 aromatic heterocycles. The standard InChI is InChI=1S/C12H15BrN2O2.ClH/c13-9-1-2-11(16)10(6-9)15-12(17)5-8-3-4-14-7-8;/h1-2,6,8,14,16H,3-5,7H2,(H,15,17);1H. The minimum absolute atomic E-state index is 0. The molecule has 6 heteroatoms. The van der Waals surface area contributed by atoms with E-state index in [0.717, 1.165) is 24.0 Å². The van der Waals surface area contributed by atoms with Crippen molar-refractivity contribution in [3.63, 3.8) is 0 Å². The van der Waals surface area contributed by atoms with Crippen LogP contribution in [0.25, 0.3) is 0 Å². The Hall–Kier alpha value is -0.780. The zero-order chi connectivity index (χ0) is 12.3. The molecule has 18 heavy (non-hydrogen) atoms. The molecule has 0 spiro atoms. The van der Waals surface area contributed by atoms with E-state index in [1.807, 2.05) is 0 Å². The molecule has 1 saturated heterocycles. The molecule has 1 aromatic rings. The number of nitrogens with one attached hydrogen (secondary N) is 2. The van der Waals surface area contributed by atoms with Gasteiger partial charge in [-0.05, 0) is 43.6 Å². The third kappa shape index (κ3) is 4.15. The molecule has 1 aliphatic heterocycles. The average Bonchev–Trinajstić information content (AvgIpc) is 2.76. The zero-order valence-electron chi connectivity index (χ0n) is 9.78. The van der Waals surface area contributed by atoms with Crippen LogP contribution in [0.15, 0.2) is 22.7 Å². The molecular formula is C12H16BrClN2O2. The third-order valence-electron chi connectivity index (χ3n) is 2.87. The van der Waals surface area contributed by atoms with Gasteiger partial charge < -0.3 is 15.7 Å².